The van der Waals surface area contributed by atoms with Crippen LogP contribution in [0.5, 0.6) is 0 Å². The van der Waals surface area contributed by atoms with E-state index in [4.69, 9.17) is 18.9 Å². The monoisotopic (exact) mass is 775 g/mol. The van der Waals surface area contributed by atoms with Crippen LogP contribution in [0.2, 0.25) is 0 Å². The van der Waals surface area contributed by atoms with Gasteiger partial charge in [-0.25, -0.2) is 0 Å². The first-order valence-electron chi connectivity index (χ1n) is 21.0. The van der Waals surface area contributed by atoms with Gasteiger partial charge < -0.3 is 39.4 Å². The van der Waals surface area contributed by atoms with Crippen molar-refractivity contribution in [2.24, 2.45) is 0 Å². The Morgan fingerprint density at radius 2 is 1.02 bits per heavy atom. The smallest absolute Gasteiger partial charge is 0.306 e. The molecule has 1 aliphatic heterocycles. The quantitative estimate of drug-likeness (QED) is 0.0291. The summed E-state index contributed by atoms with van der Waals surface area (Å²) in [5.74, 6) is -0.855. The van der Waals surface area contributed by atoms with Crippen molar-refractivity contribution in [3.05, 3.63) is 72.9 Å². The zero-order chi connectivity index (χ0) is 40.2. The summed E-state index contributed by atoms with van der Waals surface area (Å²) in [5, 5.41) is 40.0. The van der Waals surface area contributed by atoms with E-state index >= 15 is 0 Å². The van der Waals surface area contributed by atoms with Crippen LogP contribution in [0.3, 0.4) is 0 Å². The van der Waals surface area contributed by atoms with Gasteiger partial charge in [-0.15, -0.1) is 0 Å². The highest BCUT2D eigenvalue weighted by molar-refractivity contribution is 5.70. The molecule has 0 radical (unpaired) electrons. The second kappa shape index (κ2) is 35.5. The average molecular weight is 775 g/mol. The van der Waals surface area contributed by atoms with E-state index in [9.17, 15) is 30.0 Å². The van der Waals surface area contributed by atoms with Gasteiger partial charge in [-0.2, -0.15) is 0 Å². The lowest BCUT2D eigenvalue weighted by Crippen LogP contribution is -2.59. The van der Waals surface area contributed by atoms with Crippen LogP contribution in [-0.4, -0.2) is 89.0 Å². The Kier molecular flexibility index (Phi) is 32.4. The third kappa shape index (κ3) is 27.4. The van der Waals surface area contributed by atoms with Crippen molar-refractivity contribution in [2.45, 2.75) is 179 Å². The first-order chi connectivity index (χ1) is 26.8. The maximum Gasteiger partial charge on any atom is 0.306 e. The molecule has 0 aromatic heterocycles. The fourth-order valence-electron chi connectivity index (χ4n) is 5.80. The highest BCUT2D eigenvalue weighted by atomic mass is 16.7. The zero-order valence-electron chi connectivity index (χ0n) is 33.9. The van der Waals surface area contributed by atoms with E-state index in [2.05, 4.69) is 86.8 Å². The first kappa shape index (κ1) is 50.2. The van der Waals surface area contributed by atoms with Crippen LogP contribution < -0.4 is 0 Å². The second-order valence-electron chi connectivity index (χ2n) is 14.0. The lowest BCUT2D eigenvalue weighted by molar-refractivity contribution is -0.305. The number of hydrogen-bond acceptors (Lipinski definition) is 10. The number of carbonyl (C=O) groups excluding carboxylic acids is 2. The molecule has 0 bridgehead atoms. The number of unbranched alkanes of at least 4 members (excludes halogenated alkanes) is 10. The summed E-state index contributed by atoms with van der Waals surface area (Å²) in [6.07, 6.45) is 36.2. The molecule has 10 heteroatoms. The Morgan fingerprint density at radius 3 is 1.53 bits per heavy atom. The summed E-state index contributed by atoms with van der Waals surface area (Å²) in [7, 11) is 0. The third-order valence-corrected chi connectivity index (χ3v) is 9.09. The molecule has 1 unspecified atom stereocenters. The maximum absolute atomic E-state index is 12.7. The molecule has 1 rings (SSSR count). The summed E-state index contributed by atoms with van der Waals surface area (Å²) in [6.45, 7) is 3.14. The van der Waals surface area contributed by atoms with Crippen molar-refractivity contribution < 1.29 is 49.0 Å². The van der Waals surface area contributed by atoms with Crippen molar-refractivity contribution in [3.8, 4) is 0 Å². The Labute approximate surface area is 332 Å². The van der Waals surface area contributed by atoms with Crippen molar-refractivity contribution in [3.63, 3.8) is 0 Å². The molecule has 0 saturated carbocycles. The minimum atomic E-state index is -1.60. The maximum atomic E-state index is 12.7. The summed E-state index contributed by atoms with van der Waals surface area (Å²) in [4.78, 5) is 25.3. The van der Waals surface area contributed by atoms with Crippen molar-refractivity contribution in [1.29, 1.82) is 0 Å². The van der Waals surface area contributed by atoms with E-state index in [0.717, 1.165) is 103 Å². The molecule has 1 aliphatic rings. The third-order valence-electron chi connectivity index (χ3n) is 9.09. The minimum Gasteiger partial charge on any atom is -0.462 e. The Bertz CT molecular complexity index is 1120. The van der Waals surface area contributed by atoms with Crippen LogP contribution in [0.1, 0.15) is 142 Å². The minimum absolute atomic E-state index is 0.202. The topological polar surface area (TPSA) is 152 Å². The molecule has 1 saturated heterocycles. The van der Waals surface area contributed by atoms with Crippen LogP contribution in [0.25, 0.3) is 0 Å². The van der Waals surface area contributed by atoms with E-state index in [1.54, 1.807) is 0 Å². The summed E-state index contributed by atoms with van der Waals surface area (Å²) in [6, 6.07) is 0. The van der Waals surface area contributed by atoms with Crippen molar-refractivity contribution in [1.82, 2.24) is 0 Å². The number of aliphatic hydroxyl groups excluding tert-OH is 4. The molecule has 55 heavy (non-hydrogen) atoms. The van der Waals surface area contributed by atoms with Crippen LogP contribution in [0.15, 0.2) is 72.9 Å². The van der Waals surface area contributed by atoms with Gasteiger partial charge in [-0.3, -0.25) is 9.59 Å². The Balaban J connectivity index is 2.39. The number of aliphatic hydroxyl groups is 4. The lowest BCUT2D eigenvalue weighted by atomic mass is 9.99. The van der Waals surface area contributed by atoms with Crippen molar-refractivity contribution >= 4 is 11.9 Å². The standard InChI is InChI=1S/C45H74O10/c1-3-5-7-9-11-13-15-17-19-21-23-25-27-29-31-33-40(47)52-36-38(37-53-45-44(51)43(50)42(49)39(35-46)55-45)54-41(48)34-32-30-28-26-24-22-20-18-16-14-12-10-8-6-4-2/h5-8,11-14,17-20,38-39,42-46,49-51H,3-4,9-10,15-16,21-37H2,1-2H3/b7-5+,8-6+,13-11+,14-12+,19-17+,20-18+/t38?,39-,42-,43+,44-,45-/m1/s1. The Morgan fingerprint density at radius 1 is 0.564 bits per heavy atom. The molecule has 10 nitrogen and oxygen atoms in total. The highest BCUT2D eigenvalue weighted by Crippen LogP contribution is 2.22. The van der Waals surface area contributed by atoms with Crippen LogP contribution in [0, 0.1) is 0 Å². The fraction of sp³-hybridized carbons (Fsp3) is 0.689. The lowest BCUT2D eigenvalue weighted by Gasteiger charge is -2.39. The van der Waals surface area contributed by atoms with Gasteiger partial charge in [0, 0.05) is 12.8 Å². The van der Waals surface area contributed by atoms with E-state index in [-0.39, 0.29) is 26.1 Å². The van der Waals surface area contributed by atoms with E-state index in [1.165, 1.54) is 0 Å². The second-order valence-corrected chi connectivity index (χ2v) is 14.0. The Hall–Kier alpha value is -2.86. The SMILES string of the molecule is CC/C=C/C/C=C/C/C=C/CCCCCCCC(=O)OCC(CO[C@@H]1O[C@H](CO)[C@@H](O)[C@H](O)[C@H]1O)OC(=O)CCCCCCC/C=C/C/C=C/C/C=C/CC. The molecular formula is C45H74O10. The van der Waals surface area contributed by atoms with Gasteiger partial charge in [-0.05, 0) is 77.0 Å². The van der Waals surface area contributed by atoms with Gasteiger partial charge in [0.05, 0.1) is 13.2 Å². The molecule has 0 aromatic carbocycles. The molecule has 1 fully saturated rings. The number of esters is 2. The van der Waals surface area contributed by atoms with E-state index in [1.807, 2.05) is 0 Å². The average Bonchev–Trinajstić information content (AvgIpc) is 3.18. The molecule has 6 atom stereocenters. The zero-order valence-corrected chi connectivity index (χ0v) is 33.9. The molecule has 4 N–H and O–H groups in total. The highest BCUT2D eigenvalue weighted by Gasteiger charge is 2.44. The van der Waals surface area contributed by atoms with Gasteiger partial charge in [0.25, 0.3) is 0 Å². The van der Waals surface area contributed by atoms with Crippen molar-refractivity contribution in [2.75, 3.05) is 19.8 Å². The summed E-state index contributed by atoms with van der Waals surface area (Å²) in [5.41, 5.74) is 0. The molecule has 0 spiro atoms. The molecule has 1 heterocycles. The van der Waals surface area contributed by atoms with Gasteiger partial charge in [-0.1, -0.05) is 125 Å². The van der Waals surface area contributed by atoms with Gasteiger partial charge in [0.15, 0.2) is 12.4 Å². The number of hydrogen-bond donors (Lipinski definition) is 4. The molecule has 0 aromatic rings. The predicted molar refractivity (Wildman–Crippen MR) is 219 cm³/mol. The number of carbonyl (C=O) groups is 2. The molecular weight excluding hydrogens is 700 g/mol. The number of rotatable bonds is 33. The van der Waals surface area contributed by atoms with E-state index in [0.29, 0.717) is 12.8 Å². The fourth-order valence-corrected chi connectivity index (χ4v) is 5.80. The predicted octanol–water partition coefficient (Wildman–Crippen LogP) is 8.44. The largest absolute Gasteiger partial charge is 0.462 e. The first-order valence-corrected chi connectivity index (χ1v) is 21.0. The number of ether oxygens (including phenoxy) is 4. The normalized spacial score (nSPS) is 21.3. The van der Waals surface area contributed by atoms with Gasteiger partial charge in [0.2, 0.25) is 0 Å². The van der Waals surface area contributed by atoms with Crippen LogP contribution in [0.4, 0.5) is 0 Å². The molecule has 0 amide bonds. The van der Waals surface area contributed by atoms with Gasteiger partial charge >= 0.3 is 11.9 Å². The van der Waals surface area contributed by atoms with Gasteiger partial charge in [0.1, 0.15) is 31.0 Å². The summed E-state index contributed by atoms with van der Waals surface area (Å²) < 4.78 is 22.1. The van der Waals surface area contributed by atoms with Crippen LogP contribution in [-0.2, 0) is 28.5 Å². The summed E-state index contributed by atoms with van der Waals surface area (Å²) >= 11 is 0. The molecule has 314 valence electrons. The van der Waals surface area contributed by atoms with Crippen LogP contribution >= 0.6 is 0 Å². The molecule has 0 aliphatic carbocycles. The van der Waals surface area contributed by atoms with E-state index < -0.39 is 55.4 Å². The number of allylic oxidation sites excluding steroid dienone is 12.